The van der Waals surface area contributed by atoms with Gasteiger partial charge in [-0.2, -0.15) is 0 Å². The van der Waals surface area contributed by atoms with Crippen LogP contribution in [0.4, 0.5) is 5.82 Å². The zero-order valence-electron chi connectivity index (χ0n) is 14.0. The number of carbonyl (C=O) groups is 1. The first-order valence-corrected chi connectivity index (χ1v) is 8.56. The lowest BCUT2D eigenvalue weighted by atomic mass is 10.0. The minimum Gasteiger partial charge on any atom is -0.353 e. The Labute approximate surface area is 143 Å². The number of amides is 1. The smallest absolute Gasteiger partial charge is 0.255 e. The van der Waals surface area contributed by atoms with E-state index in [1.54, 1.807) is 6.20 Å². The van der Waals surface area contributed by atoms with Gasteiger partial charge < -0.3 is 15.5 Å². The molecule has 2 N–H and O–H groups in total. The third-order valence-corrected chi connectivity index (χ3v) is 4.24. The van der Waals surface area contributed by atoms with Crippen molar-refractivity contribution in [2.45, 2.75) is 19.4 Å². The Kier molecular flexibility index (Phi) is 5.43. The number of piperazine rings is 1. The SMILES string of the molecule is CCCNC(=O)c1cccnc1N1CCN[C@H](c2ccccc2)C1. The Hall–Kier alpha value is -2.40. The quantitative estimate of drug-likeness (QED) is 0.886. The highest BCUT2D eigenvalue weighted by Gasteiger charge is 2.24. The van der Waals surface area contributed by atoms with Crippen molar-refractivity contribution in [2.75, 3.05) is 31.1 Å². The maximum Gasteiger partial charge on any atom is 0.255 e. The highest BCUT2D eigenvalue weighted by Crippen LogP contribution is 2.23. The van der Waals surface area contributed by atoms with Gasteiger partial charge in [-0.1, -0.05) is 37.3 Å². The highest BCUT2D eigenvalue weighted by molar-refractivity contribution is 5.98. The van der Waals surface area contributed by atoms with Gasteiger partial charge in [0.25, 0.3) is 5.91 Å². The maximum absolute atomic E-state index is 12.4. The molecule has 2 heterocycles. The minimum atomic E-state index is -0.0465. The van der Waals surface area contributed by atoms with Crippen LogP contribution in [0.3, 0.4) is 0 Å². The Morgan fingerprint density at radius 2 is 2.12 bits per heavy atom. The molecule has 0 saturated carbocycles. The number of aromatic nitrogens is 1. The predicted molar refractivity (Wildman–Crippen MR) is 96.3 cm³/mol. The van der Waals surface area contributed by atoms with E-state index in [0.29, 0.717) is 12.1 Å². The first-order chi connectivity index (χ1) is 11.8. The molecule has 0 aliphatic carbocycles. The molecule has 1 amide bonds. The summed E-state index contributed by atoms with van der Waals surface area (Å²) in [5, 5.41) is 6.50. The highest BCUT2D eigenvalue weighted by atomic mass is 16.1. The number of pyridine rings is 1. The molecule has 126 valence electrons. The molecule has 1 fully saturated rings. The van der Waals surface area contributed by atoms with Crippen LogP contribution < -0.4 is 15.5 Å². The Morgan fingerprint density at radius 1 is 1.29 bits per heavy atom. The Balaban J connectivity index is 1.80. The summed E-state index contributed by atoms with van der Waals surface area (Å²) in [6.07, 6.45) is 2.68. The van der Waals surface area contributed by atoms with Crippen LogP contribution in [0, 0.1) is 0 Å². The van der Waals surface area contributed by atoms with Gasteiger partial charge in [0.15, 0.2) is 0 Å². The van der Waals surface area contributed by atoms with Crippen LogP contribution in [-0.4, -0.2) is 37.1 Å². The summed E-state index contributed by atoms with van der Waals surface area (Å²) in [5.74, 6) is 0.725. The maximum atomic E-state index is 12.4. The van der Waals surface area contributed by atoms with Crippen molar-refractivity contribution in [2.24, 2.45) is 0 Å². The zero-order chi connectivity index (χ0) is 16.8. The summed E-state index contributed by atoms with van der Waals surface area (Å²) in [5.41, 5.74) is 1.91. The van der Waals surface area contributed by atoms with Crippen LogP contribution in [0.15, 0.2) is 48.7 Å². The van der Waals surface area contributed by atoms with E-state index < -0.39 is 0 Å². The molecular formula is C19H24N4O. The number of carbonyl (C=O) groups excluding carboxylic acids is 1. The van der Waals surface area contributed by atoms with Crippen LogP contribution in [0.2, 0.25) is 0 Å². The van der Waals surface area contributed by atoms with Gasteiger partial charge in [0.05, 0.1) is 5.56 Å². The van der Waals surface area contributed by atoms with Gasteiger partial charge >= 0.3 is 0 Å². The third kappa shape index (κ3) is 3.74. The average Bonchev–Trinajstić information content (AvgIpc) is 2.67. The molecule has 3 rings (SSSR count). The van der Waals surface area contributed by atoms with Gasteiger partial charge in [-0.05, 0) is 24.1 Å². The van der Waals surface area contributed by atoms with E-state index in [-0.39, 0.29) is 11.9 Å². The van der Waals surface area contributed by atoms with E-state index in [9.17, 15) is 4.79 Å². The van der Waals surface area contributed by atoms with Crippen LogP contribution in [0.25, 0.3) is 0 Å². The molecule has 0 unspecified atom stereocenters. The standard InChI is InChI=1S/C19H24N4O/c1-2-10-22-19(24)16-9-6-11-21-18(16)23-13-12-20-17(14-23)15-7-4-3-5-8-15/h3-9,11,17,20H,2,10,12-14H2,1H3,(H,22,24)/t17-/m0/s1. The molecule has 1 aliphatic heterocycles. The second-order valence-corrected chi connectivity index (χ2v) is 5.99. The molecular weight excluding hydrogens is 300 g/mol. The van der Waals surface area contributed by atoms with Gasteiger partial charge in [0.2, 0.25) is 0 Å². The summed E-state index contributed by atoms with van der Waals surface area (Å²) < 4.78 is 0. The van der Waals surface area contributed by atoms with E-state index in [4.69, 9.17) is 0 Å². The number of anilines is 1. The van der Waals surface area contributed by atoms with Gasteiger partial charge in [0.1, 0.15) is 5.82 Å². The van der Waals surface area contributed by atoms with Crippen molar-refractivity contribution < 1.29 is 4.79 Å². The fraction of sp³-hybridized carbons (Fsp3) is 0.368. The fourth-order valence-corrected chi connectivity index (χ4v) is 3.01. The zero-order valence-corrected chi connectivity index (χ0v) is 14.0. The number of nitrogens with one attached hydrogen (secondary N) is 2. The normalized spacial score (nSPS) is 17.5. The lowest BCUT2D eigenvalue weighted by Crippen LogP contribution is -2.46. The van der Waals surface area contributed by atoms with Crippen LogP contribution >= 0.6 is 0 Å². The number of nitrogens with zero attached hydrogens (tertiary/aromatic N) is 2. The third-order valence-electron chi connectivity index (χ3n) is 4.24. The number of benzene rings is 1. The molecule has 24 heavy (non-hydrogen) atoms. The largest absolute Gasteiger partial charge is 0.353 e. The second-order valence-electron chi connectivity index (χ2n) is 5.99. The van der Waals surface area contributed by atoms with Crippen molar-refractivity contribution in [3.63, 3.8) is 0 Å². The van der Waals surface area contributed by atoms with Crippen molar-refractivity contribution in [1.82, 2.24) is 15.6 Å². The van der Waals surface area contributed by atoms with Gasteiger partial charge in [-0.25, -0.2) is 4.98 Å². The van der Waals surface area contributed by atoms with Crippen LogP contribution in [-0.2, 0) is 0 Å². The first kappa shape index (κ1) is 16.5. The topological polar surface area (TPSA) is 57.3 Å². The van der Waals surface area contributed by atoms with Crippen molar-refractivity contribution >= 4 is 11.7 Å². The molecule has 1 saturated heterocycles. The molecule has 5 heteroatoms. The van der Waals surface area contributed by atoms with Crippen molar-refractivity contribution in [1.29, 1.82) is 0 Å². The minimum absolute atomic E-state index is 0.0465. The van der Waals surface area contributed by atoms with Gasteiger partial charge in [-0.15, -0.1) is 0 Å². The number of hydrogen-bond donors (Lipinski definition) is 2. The van der Waals surface area contributed by atoms with Gasteiger partial charge in [0, 0.05) is 38.4 Å². The molecule has 0 radical (unpaired) electrons. The number of hydrogen-bond acceptors (Lipinski definition) is 4. The van der Waals surface area contributed by atoms with Crippen molar-refractivity contribution in [3.05, 3.63) is 59.8 Å². The van der Waals surface area contributed by atoms with E-state index in [1.807, 2.05) is 25.1 Å². The molecule has 0 spiro atoms. The molecule has 1 atom stereocenters. The monoisotopic (exact) mass is 324 g/mol. The fourth-order valence-electron chi connectivity index (χ4n) is 3.01. The molecule has 1 aromatic heterocycles. The van der Waals surface area contributed by atoms with Crippen LogP contribution in [0.1, 0.15) is 35.3 Å². The Bertz CT molecular complexity index is 674. The van der Waals surface area contributed by atoms with E-state index >= 15 is 0 Å². The summed E-state index contributed by atoms with van der Waals surface area (Å²) in [6.45, 7) is 5.24. The van der Waals surface area contributed by atoms with Gasteiger partial charge in [-0.3, -0.25) is 4.79 Å². The molecule has 2 aromatic rings. The number of rotatable bonds is 5. The molecule has 0 bridgehead atoms. The summed E-state index contributed by atoms with van der Waals surface area (Å²) in [6, 6.07) is 14.3. The summed E-state index contributed by atoms with van der Waals surface area (Å²) >= 11 is 0. The summed E-state index contributed by atoms with van der Waals surface area (Å²) in [4.78, 5) is 19.1. The lowest BCUT2D eigenvalue weighted by molar-refractivity contribution is 0.0953. The first-order valence-electron chi connectivity index (χ1n) is 8.56. The van der Waals surface area contributed by atoms with E-state index in [0.717, 1.165) is 31.9 Å². The molecule has 1 aromatic carbocycles. The van der Waals surface area contributed by atoms with E-state index in [1.165, 1.54) is 5.56 Å². The molecule has 5 nitrogen and oxygen atoms in total. The van der Waals surface area contributed by atoms with E-state index in [2.05, 4.69) is 44.8 Å². The molecule has 1 aliphatic rings. The summed E-state index contributed by atoms with van der Waals surface area (Å²) in [7, 11) is 0. The Morgan fingerprint density at radius 3 is 2.92 bits per heavy atom. The second kappa shape index (κ2) is 7.93. The van der Waals surface area contributed by atoms with Crippen molar-refractivity contribution in [3.8, 4) is 0 Å². The average molecular weight is 324 g/mol. The van der Waals surface area contributed by atoms with Crippen LogP contribution in [0.5, 0.6) is 0 Å². The lowest BCUT2D eigenvalue weighted by Gasteiger charge is -2.35. The predicted octanol–water partition coefficient (Wildman–Crippen LogP) is 2.37.